The van der Waals surface area contributed by atoms with Crippen LogP contribution in [0.1, 0.15) is 42.5 Å². The standard InChI is InChI=1S/C14H17F2NO3/c15-11-9(13(18)19)4-5-10(12(11)16)17-8-14(20)6-2-1-3-7-14/h4-5,17,20H,1-3,6-8H2,(H,18,19). The van der Waals surface area contributed by atoms with Gasteiger partial charge >= 0.3 is 5.97 Å². The summed E-state index contributed by atoms with van der Waals surface area (Å²) in [6.07, 6.45) is 4.13. The molecule has 1 saturated carbocycles. The molecule has 1 aliphatic carbocycles. The van der Waals surface area contributed by atoms with Gasteiger partial charge in [-0.1, -0.05) is 19.3 Å². The second kappa shape index (κ2) is 5.75. The molecule has 1 aromatic rings. The lowest BCUT2D eigenvalue weighted by Gasteiger charge is -2.32. The summed E-state index contributed by atoms with van der Waals surface area (Å²) < 4.78 is 27.2. The molecule has 0 saturated heterocycles. The second-order valence-corrected chi connectivity index (χ2v) is 5.23. The average molecular weight is 285 g/mol. The van der Waals surface area contributed by atoms with Crippen molar-refractivity contribution in [3.8, 4) is 0 Å². The third-order valence-electron chi connectivity index (χ3n) is 3.70. The Kier molecular flexibility index (Phi) is 4.23. The molecule has 0 heterocycles. The van der Waals surface area contributed by atoms with Crippen LogP contribution in [-0.2, 0) is 0 Å². The zero-order valence-electron chi connectivity index (χ0n) is 11.0. The lowest BCUT2D eigenvalue weighted by molar-refractivity contribution is 0.0166. The molecule has 1 aromatic carbocycles. The van der Waals surface area contributed by atoms with Gasteiger partial charge in [-0.15, -0.1) is 0 Å². The maximum atomic E-state index is 13.7. The number of carboxylic acids is 1. The summed E-state index contributed by atoms with van der Waals surface area (Å²) in [5.41, 5.74) is -1.75. The van der Waals surface area contributed by atoms with E-state index < -0.39 is 28.8 Å². The highest BCUT2D eigenvalue weighted by Gasteiger charge is 2.29. The highest BCUT2D eigenvalue weighted by molar-refractivity contribution is 5.88. The fourth-order valence-electron chi connectivity index (χ4n) is 2.50. The Morgan fingerprint density at radius 1 is 1.20 bits per heavy atom. The van der Waals surface area contributed by atoms with E-state index in [0.29, 0.717) is 12.8 Å². The number of hydrogen-bond acceptors (Lipinski definition) is 3. The monoisotopic (exact) mass is 285 g/mol. The van der Waals surface area contributed by atoms with Crippen molar-refractivity contribution in [2.75, 3.05) is 11.9 Å². The van der Waals surface area contributed by atoms with Crippen LogP contribution in [0.4, 0.5) is 14.5 Å². The highest BCUT2D eigenvalue weighted by Crippen LogP contribution is 2.29. The van der Waals surface area contributed by atoms with Crippen LogP contribution in [0.2, 0.25) is 0 Å². The number of hydrogen-bond donors (Lipinski definition) is 3. The molecule has 1 fully saturated rings. The summed E-state index contributed by atoms with van der Waals surface area (Å²) in [4.78, 5) is 10.7. The summed E-state index contributed by atoms with van der Waals surface area (Å²) >= 11 is 0. The van der Waals surface area contributed by atoms with Crippen molar-refractivity contribution in [2.45, 2.75) is 37.7 Å². The first kappa shape index (κ1) is 14.7. The first-order valence-corrected chi connectivity index (χ1v) is 6.60. The molecule has 4 nitrogen and oxygen atoms in total. The van der Waals surface area contributed by atoms with Crippen LogP contribution in [0.5, 0.6) is 0 Å². The van der Waals surface area contributed by atoms with Crippen molar-refractivity contribution in [1.29, 1.82) is 0 Å². The Balaban J connectivity index is 2.10. The second-order valence-electron chi connectivity index (χ2n) is 5.23. The number of anilines is 1. The van der Waals surface area contributed by atoms with Crippen LogP contribution in [0.15, 0.2) is 12.1 Å². The minimum absolute atomic E-state index is 0.121. The van der Waals surface area contributed by atoms with Gasteiger partial charge in [0.1, 0.15) is 0 Å². The van der Waals surface area contributed by atoms with Crippen molar-refractivity contribution in [3.63, 3.8) is 0 Å². The lowest BCUT2D eigenvalue weighted by Crippen LogP contribution is -2.39. The zero-order chi connectivity index (χ0) is 14.8. The maximum Gasteiger partial charge on any atom is 0.338 e. The first-order chi connectivity index (χ1) is 9.43. The van der Waals surface area contributed by atoms with Crippen LogP contribution in [0.25, 0.3) is 0 Å². The first-order valence-electron chi connectivity index (χ1n) is 6.60. The van der Waals surface area contributed by atoms with Gasteiger partial charge in [-0.3, -0.25) is 0 Å². The average Bonchev–Trinajstić information content (AvgIpc) is 2.41. The van der Waals surface area contributed by atoms with E-state index in [4.69, 9.17) is 5.11 Å². The van der Waals surface area contributed by atoms with E-state index in [2.05, 4.69) is 5.32 Å². The van der Waals surface area contributed by atoms with Gasteiger partial charge in [0, 0.05) is 6.54 Å². The third-order valence-corrected chi connectivity index (χ3v) is 3.70. The number of benzene rings is 1. The number of carbonyl (C=O) groups is 1. The Labute approximate surface area is 115 Å². The molecule has 0 aliphatic heterocycles. The normalized spacial score (nSPS) is 17.8. The summed E-state index contributed by atoms with van der Waals surface area (Å²) in [6.45, 7) is 0.121. The number of aliphatic hydroxyl groups is 1. The minimum Gasteiger partial charge on any atom is -0.478 e. The molecule has 0 radical (unpaired) electrons. The van der Waals surface area contributed by atoms with Gasteiger partial charge in [0.25, 0.3) is 0 Å². The molecule has 20 heavy (non-hydrogen) atoms. The summed E-state index contributed by atoms with van der Waals surface area (Å²) in [5, 5.41) is 21.6. The number of nitrogens with one attached hydrogen (secondary N) is 1. The summed E-state index contributed by atoms with van der Waals surface area (Å²) in [7, 11) is 0. The maximum absolute atomic E-state index is 13.7. The van der Waals surface area contributed by atoms with E-state index in [9.17, 15) is 18.7 Å². The van der Waals surface area contributed by atoms with Crippen molar-refractivity contribution in [2.24, 2.45) is 0 Å². The third kappa shape index (κ3) is 3.07. The molecule has 2 rings (SSSR count). The van der Waals surface area contributed by atoms with Gasteiger partial charge in [0.2, 0.25) is 0 Å². The molecule has 0 spiro atoms. The summed E-state index contributed by atoms with van der Waals surface area (Å²) in [6, 6.07) is 2.18. The van der Waals surface area contributed by atoms with Crippen molar-refractivity contribution < 1.29 is 23.8 Å². The Morgan fingerprint density at radius 2 is 1.85 bits per heavy atom. The van der Waals surface area contributed by atoms with E-state index in [1.165, 1.54) is 6.07 Å². The van der Waals surface area contributed by atoms with Gasteiger partial charge in [0.15, 0.2) is 11.6 Å². The van der Waals surface area contributed by atoms with E-state index >= 15 is 0 Å². The Hall–Kier alpha value is -1.69. The molecule has 0 atom stereocenters. The topological polar surface area (TPSA) is 69.6 Å². The molecule has 6 heteroatoms. The molecule has 0 unspecified atom stereocenters. The fourth-order valence-corrected chi connectivity index (χ4v) is 2.50. The Bertz CT molecular complexity index is 513. The minimum atomic E-state index is -1.51. The molecule has 110 valence electrons. The van der Waals surface area contributed by atoms with Gasteiger partial charge < -0.3 is 15.5 Å². The molecular weight excluding hydrogens is 268 g/mol. The van der Waals surface area contributed by atoms with E-state index in [-0.39, 0.29) is 12.2 Å². The smallest absolute Gasteiger partial charge is 0.338 e. The highest BCUT2D eigenvalue weighted by atomic mass is 19.2. The largest absolute Gasteiger partial charge is 0.478 e. The van der Waals surface area contributed by atoms with Gasteiger partial charge in [-0.2, -0.15) is 0 Å². The predicted molar refractivity (Wildman–Crippen MR) is 69.8 cm³/mol. The molecule has 3 N–H and O–H groups in total. The van der Waals surface area contributed by atoms with Crippen molar-refractivity contribution >= 4 is 11.7 Å². The van der Waals surface area contributed by atoms with Crippen LogP contribution >= 0.6 is 0 Å². The number of halogens is 2. The van der Waals surface area contributed by atoms with E-state index in [1.54, 1.807) is 0 Å². The zero-order valence-corrected chi connectivity index (χ0v) is 11.0. The Morgan fingerprint density at radius 3 is 2.45 bits per heavy atom. The van der Waals surface area contributed by atoms with Gasteiger partial charge in [-0.05, 0) is 25.0 Å². The predicted octanol–water partition coefficient (Wildman–Crippen LogP) is 2.77. The SMILES string of the molecule is O=C(O)c1ccc(NCC2(O)CCCCC2)c(F)c1F. The van der Waals surface area contributed by atoms with Crippen molar-refractivity contribution in [1.82, 2.24) is 0 Å². The lowest BCUT2D eigenvalue weighted by atomic mass is 9.85. The van der Waals surface area contributed by atoms with Gasteiger partial charge in [0.05, 0.1) is 16.9 Å². The van der Waals surface area contributed by atoms with Crippen LogP contribution in [-0.4, -0.2) is 28.3 Å². The molecular formula is C14H17F2NO3. The van der Waals surface area contributed by atoms with Crippen molar-refractivity contribution in [3.05, 3.63) is 29.3 Å². The number of aromatic carboxylic acids is 1. The van der Waals surface area contributed by atoms with E-state index in [1.807, 2.05) is 0 Å². The fraction of sp³-hybridized carbons (Fsp3) is 0.500. The van der Waals surface area contributed by atoms with Gasteiger partial charge in [-0.25, -0.2) is 13.6 Å². The van der Waals surface area contributed by atoms with Crippen LogP contribution < -0.4 is 5.32 Å². The number of rotatable bonds is 4. The van der Waals surface area contributed by atoms with Crippen LogP contribution in [0, 0.1) is 11.6 Å². The number of carboxylic acid groups (broad SMARTS) is 1. The van der Waals surface area contributed by atoms with Crippen LogP contribution in [0.3, 0.4) is 0 Å². The molecule has 0 amide bonds. The molecule has 1 aliphatic rings. The quantitative estimate of drug-likeness (QED) is 0.795. The molecule has 0 aromatic heterocycles. The van der Waals surface area contributed by atoms with E-state index in [0.717, 1.165) is 25.3 Å². The molecule has 0 bridgehead atoms. The summed E-state index contributed by atoms with van der Waals surface area (Å²) in [5.74, 6) is -4.14.